The fourth-order valence-corrected chi connectivity index (χ4v) is 3.47. The zero-order valence-electron chi connectivity index (χ0n) is 11.0. The Bertz CT molecular complexity index is 460. The van der Waals surface area contributed by atoms with Gasteiger partial charge >= 0.3 is 0 Å². The third-order valence-electron chi connectivity index (χ3n) is 4.15. The van der Waals surface area contributed by atoms with Crippen LogP contribution in [0.2, 0.25) is 0 Å². The number of hydrogen-bond acceptors (Lipinski definition) is 3. The van der Waals surface area contributed by atoms with Crippen LogP contribution in [0.3, 0.4) is 0 Å². The molecule has 2 fully saturated rings. The van der Waals surface area contributed by atoms with Crippen LogP contribution in [0.15, 0.2) is 28.7 Å². The Morgan fingerprint density at radius 3 is 2.68 bits per heavy atom. The summed E-state index contributed by atoms with van der Waals surface area (Å²) in [6, 6.07) is 7.68. The second-order valence-corrected chi connectivity index (χ2v) is 6.33. The van der Waals surface area contributed by atoms with Crippen LogP contribution in [-0.2, 0) is 0 Å². The van der Waals surface area contributed by atoms with E-state index in [1.165, 1.54) is 32.4 Å². The van der Waals surface area contributed by atoms with Crippen molar-refractivity contribution in [3.05, 3.63) is 34.3 Å². The van der Waals surface area contributed by atoms with Crippen LogP contribution in [0.1, 0.15) is 29.6 Å². The number of rotatable bonds is 3. The van der Waals surface area contributed by atoms with Gasteiger partial charge in [-0.15, -0.1) is 0 Å². The van der Waals surface area contributed by atoms with Crippen molar-refractivity contribution in [3.8, 4) is 0 Å². The molecule has 19 heavy (non-hydrogen) atoms. The van der Waals surface area contributed by atoms with Crippen molar-refractivity contribution in [1.82, 2.24) is 9.80 Å². The average molecular weight is 323 g/mol. The van der Waals surface area contributed by atoms with Crippen LogP contribution in [0.5, 0.6) is 0 Å². The molecule has 0 aromatic heterocycles. The first-order chi connectivity index (χ1) is 9.24. The van der Waals surface area contributed by atoms with Crippen molar-refractivity contribution in [2.75, 3.05) is 26.2 Å². The van der Waals surface area contributed by atoms with Gasteiger partial charge in [0.1, 0.15) is 0 Å². The Balaban J connectivity index is 1.67. The molecule has 2 aliphatic heterocycles. The number of hydrogen-bond donors (Lipinski definition) is 0. The molecule has 1 aromatic rings. The molecule has 2 aliphatic rings. The standard InChI is InChI=1S/C15H19BrN2O/c16-13-6-4-12(5-7-13)14(19)11-18-10-2-9-17-8-1-3-15(17)18/h4-7,15H,1-3,8-11H2. The normalized spacial score (nSPS) is 24.4. The molecule has 102 valence electrons. The summed E-state index contributed by atoms with van der Waals surface area (Å²) < 4.78 is 1.02. The summed E-state index contributed by atoms with van der Waals surface area (Å²) in [6.45, 7) is 4.02. The number of halogens is 1. The lowest BCUT2D eigenvalue weighted by atomic mass is 10.1. The minimum atomic E-state index is 0.237. The number of Topliss-reactive ketones (excluding diaryl/α,β-unsaturated/α-hetero) is 1. The molecule has 0 spiro atoms. The summed E-state index contributed by atoms with van der Waals surface area (Å²) in [5.74, 6) is 0.237. The second kappa shape index (κ2) is 5.73. The SMILES string of the molecule is O=C(CN1CCCN2CCCC21)c1ccc(Br)cc1. The molecule has 2 heterocycles. The lowest BCUT2D eigenvalue weighted by molar-refractivity contribution is 0.0338. The monoisotopic (exact) mass is 322 g/mol. The Morgan fingerprint density at radius 1 is 1.16 bits per heavy atom. The summed E-state index contributed by atoms with van der Waals surface area (Å²) >= 11 is 3.40. The molecule has 4 heteroatoms. The van der Waals surface area contributed by atoms with Gasteiger partial charge in [-0.05, 0) is 37.9 Å². The van der Waals surface area contributed by atoms with Crippen molar-refractivity contribution in [3.63, 3.8) is 0 Å². The average Bonchev–Trinajstić information content (AvgIpc) is 2.89. The van der Waals surface area contributed by atoms with E-state index in [-0.39, 0.29) is 5.78 Å². The molecule has 1 unspecified atom stereocenters. The van der Waals surface area contributed by atoms with E-state index in [0.29, 0.717) is 12.7 Å². The van der Waals surface area contributed by atoms with Crippen molar-refractivity contribution >= 4 is 21.7 Å². The minimum Gasteiger partial charge on any atom is -0.293 e. The quantitative estimate of drug-likeness (QED) is 0.799. The summed E-state index contributed by atoms with van der Waals surface area (Å²) in [6.07, 6.45) is 4.18. The van der Waals surface area contributed by atoms with Crippen LogP contribution in [-0.4, -0.2) is 47.9 Å². The number of nitrogens with zero attached hydrogens (tertiary/aromatic N) is 2. The van der Waals surface area contributed by atoms with E-state index in [9.17, 15) is 4.79 Å². The fraction of sp³-hybridized carbons (Fsp3) is 0.533. The molecule has 0 saturated carbocycles. The van der Waals surface area contributed by atoms with Gasteiger partial charge in [-0.3, -0.25) is 14.6 Å². The Kier molecular flexibility index (Phi) is 4.01. The van der Waals surface area contributed by atoms with Crippen LogP contribution in [0, 0.1) is 0 Å². The maximum Gasteiger partial charge on any atom is 0.176 e. The highest BCUT2D eigenvalue weighted by molar-refractivity contribution is 9.10. The third-order valence-corrected chi connectivity index (χ3v) is 4.68. The molecule has 3 nitrogen and oxygen atoms in total. The van der Waals surface area contributed by atoms with Gasteiger partial charge in [0.25, 0.3) is 0 Å². The molecular formula is C15H19BrN2O. The first-order valence-corrected chi connectivity index (χ1v) is 7.80. The number of benzene rings is 1. The third kappa shape index (κ3) is 2.91. The molecular weight excluding hydrogens is 304 g/mol. The van der Waals surface area contributed by atoms with E-state index < -0.39 is 0 Å². The van der Waals surface area contributed by atoms with Crippen molar-refractivity contribution in [2.45, 2.75) is 25.4 Å². The Labute approximate surface area is 122 Å². The highest BCUT2D eigenvalue weighted by Crippen LogP contribution is 2.25. The molecule has 1 aromatic carbocycles. The highest BCUT2D eigenvalue weighted by atomic mass is 79.9. The largest absolute Gasteiger partial charge is 0.293 e. The zero-order valence-corrected chi connectivity index (χ0v) is 12.6. The predicted molar refractivity (Wildman–Crippen MR) is 79.3 cm³/mol. The minimum absolute atomic E-state index is 0.237. The molecule has 0 radical (unpaired) electrons. The fourth-order valence-electron chi connectivity index (χ4n) is 3.20. The van der Waals surface area contributed by atoms with Gasteiger partial charge < -0.3 is 0 Å². The Morgan fingerprint density at radius 2 is 1.89 bits per heavy atom. The number of carbonyl (C=O) groups excluding carboxylic acids is 1. The van der Waals surface area contributed by atoms with E-state index >= 15 is 0 Å². The summed E-state index contributed by atoms with van der Waals surface area (Å²) in [4.78, 5) is 17.2. The van der Waals surface area contributed by atoms with E-state index in [1.54, 1.807) is 0 Å². The van der Waals surface area contributed by atoms with E-state index in [0.717, 1.165) is 16.6 Å². The number of ketones is 1. The zero-order chi connectivity index (χ0) is 13.2. The molecule has 3 rings (SSSR count). The van der Waals surface area contributed by atoms with Crippen molar-refractivity contribution < 1.29 is 4.79 Å². The second-order valence-electron chi connectivity index (χ2n) is 5.41. The molecule has 0 bridgehead atoms. The first-order valence-electron chi connectivity index (χ1n) is 7.01. The molecule has 1 atom stereocenters. The lowest BCUT2D eigenvalue weighted by Crippen LogP contribution is -2.51. The van der Waals surface area contributed by atoms with Gasteiger partial charge in [-0.1, -0.05) is 28.1 Å². The van der Waals surface area contributed by atoms with Crippen LogP contribution >= 0.6 is 15.9 Å². The lowest BCUT2D eigenvalue weighted by Gasteiger charge is -2.39. The molecule has 2 saturated heterocycles. The molecule has 0 aliphatic carbocycles. The number of carbonyl (C=O) groups is 1. The van der Waals surface area contributed by atoms with Gasteiger partial charge in [0, 0.05) is 23.1 Å². The van der Waals surface area contributed by atoms with Crippen LogP contribution in [0.25, 0.3) is 0 Å². The van der Waals surface area contributed by atoms with Crippen molar-refractivity contribution in [2.24, 2.45) is 0 Å². The molecule has 0 amide bonds. The number of fused-ring (bicyclic) bond motifs is 1. The van der Waals surface area contributed by atoms with Gasteiger partial charge in [-0.2, -0.15) is 0 Å². The van der Waals surface area contributed by atoms with Crippen molar-refractivity contribution in [1.29, 1.82) is 0 Å². The van der Waals surface area contributed by atoms with E-state index in [1.807, 2.05) is 24.3 Å². The molecule has 0 N–H and O–H groups in total. The summed E-state index contributed by atoms with van der Waals surface area (Å²) in [5.41, 5.74) is 0.818. The first kappa shape index (κ1) is 13.3. The van der Waals surface area contributed by atoms with Gasteiger partial charge in [-0.25, -0.2) is 0 Å². The highest BCUT2D eigenvalue weighted by Gasteiger charge is 2.33. The Hall–Kier alpha value is -0.710. The van der Waals surface area contributed by atoms with Gasteiger partial charge in [0.05, 0.1) is 12.7 Å². The maximum atomic E-state index is 12.3. The van der Waals surface area contributed by atoms with E-state index in [4.69, 9.17) is 0 Å². The smallest absolute Gasteiger partial charge is 0.176 e. The van der Waals surface area contributed by atoms with Crippen LogP contribution in [0.4, 0.5) is 0 Å². The summed E-state index contributed by atoms with van der Waals surface area (Å²) in [5, 5.41) is 0. The maximum absolute atomic E-state index is 12.3. The van der Waals surface area contributed by atoms with E-state index in [2.05, 4.69) is 25.7 Å². The van der Waals surface area contributed by atoms with Crippen LogP contribution < -0.4 is 0 Å². The van der Waals surface area contributed by atoms with Gasteiger partial charge in [0.15, 0.2) is 5.78 Å². The summed E-state index contributed by atoms with van der Waals surface area (Å²) in [7, 11) is 0. The topological polar surface area (TPSA) is 23.6 Å². The van der Waals surface area contributed by atoms with Gasteiger partial charge in [0.2, 0.25) is 0 Å². The predicted octanol–water partition coefficient (Wildman–Crippen LogP) is 2.76.